The van der Waals surface area contributed by atoms with E-state index in [9.17, 15) is 27.9 Å². The van der Waals surface area contributed by atoms with Gasteiger partial charge in [0.05, 0.1) is 12.1 Å². The molecule has 0 spiro atoms. The average Bonchev–Trinajstić information content (AvgIpc) is 2.69. The molecule has 0 radical (unpaired) electrons. The third-order valence-corrected chi connectivity index (χ3v) is 4.75. The zero-order chi connectivity index (χ0) is 21.9. The monoisotopic (exact) mass is 416 g/mol. The van der Waals surface area contributed by atoms with Gasteiger partial charge in [-0.3, -0.25) is 9.59 Å². The number of hydrogen-bond donors (Lipinski definition) is 2. The van der Waals surface area contributed by atoms with Gasteiger partial charge in [0.15, 0.2) is 0 Å². The minimum Gasteiger partial charge on any atom is -0.507 e. The molecule has 0 aliphatic rings. The van der Waals surface area contributed by atoms with Crippen molar-refractivity contribution in [2.45, 2.75) is 25.6 Å². The number of nitrogens with two attached hydrogens (primary N) is 1. The fourth-order valence-corrected chi connectivity index (χ4v) is 3.19. The van der Waals surface area contributed by atoms with Crippen molar-refractivity contribution < 1.29 is 23.1 Å². The van der Waals surface area contributed by atoms with Crippen LogP contribution in [0.3, 0.4) is 0 Å². The quantitative estimate of drug-likeness (QED) is 0.645. The van der Waals surface area contributed by atoms with Crippen molar-refractivity contribution in [3.05, 3.63) is 99.0 Å². The Morgan fingerprint density at radius 3 is 2.17 bits per heavy atom. The van der Waals surface area contributed by atoms with Crippen LogP contribution >= 0.6 is 0 Å². The Balaban J connectivity index is 1.98. The standard InChI is InChI=1S/C22H19F3N2O3/c23-22(24,25)16-9-6-15(7-10-16)13-27-17(11-8-14-4-2-1-3-5-14)12-18(28)19(20(26)29)21(27)30/h1-7,9-10,12,28H,8,11,13H2,(H2,26,29). The second-order valence-corrected chi connectivity index (χ2v) is 6.83. The van der Waals surface area contributed by atoms with Gasteiger partial charge in [0.2, 0.25) is 0 Å². The molecular weight excluding hydrogens is 397 g/mol. The van der Waals surface area contributed by atoms with E-state index in [0.717, 1.165) is 17.7 Å². The normalized spacial score (nSPS) is 11.4. The molecule has 3 N–H and O–H groups in total. The molecule has 0 saturated carbocycles. The highest BCUT2D eigenvalue weighted by Gasteiger charge is 2.30. The molecule has 0 unspecified atom stereocenters. The number of primary amides is 1. The second kappa shape index (κ2) is 8.44. The summed E-state index contributed by atoms with van der Waals surface area (Å²) in [6, 6.07) is 15.1. The molecule has 0 bridgehead atoms. The Morgan fingerprint density at radius 1 is 0.967 bits per heavy atom. The Kier molecular flexibility index (Phi) is 5.96. The van der Waals surface area contributed by atoms with Crippen LogP contribution < -0.4 is 11.3 Å². The van der Waals surface area contributed by atoms with E-state index in [1.807, 2.05) is 30.3 Å². The molecule has 30 heavy (non-hydrogen) atoms. The SMILES string of the molecule is NC(=O)c1c(O)cc(CCc2ccccc2)n(Cc2ccc(C(F)(F)F)cc2)c1=O. The predicted molar refractivity (Wildman–Crippen MR) is 105 cm³/mol. The number of carbonyl (C=O) groups excluding carboxylic acids is 1. The third-order valence-electron chi connectivity index (χ3n) is 4.75. The topological polar surface area (TPSA) is 85.3 Å². The fraction of sp³-hybridized carbons (Fsp3) is 0.182. The van der Waals surface area contributed by atoms with Crippen LogP contribution in [0.25, 0.3) is 0 Å². The number of aromatic hydroxyl groups is 1. The van der Waals surface area contributed by atoms with Crippen molar-refractivity contribution in [2.24, 2.45) is 5.73 Å². The number of carbonyl (C=O) groups is 1. The molecule has 0 saturated heterocycles. The van der Waals surface area contributed by atoms with Crippen LogP contribution in [0, 0.1) is 0 Å². The summed E-state index contributed by atoms with van der Waals surface area (Å²) in [5.41, 5.74) is 4.96. The van der Waals surface area contributed by atoms with Gasteiger partial charge in [-0.05, 0) is 36.1 Å². The van der Waals surface area contributed by atoms with E-state index < -0.39 is 34.5 Å². The smallest absolute Gasteiger partial charge is 0.416 e. The summed E-state index contributed by atoms with van der Waals surface area (Å²) in [6.45, 7) is -0.0678. The molecule has 3 aromatic rings. The van der Waals surface area contributed by atoms with Crippen molar-refractivity contribution in [2.75, 3.05) is 0 Å². The van der Waals surface area contributed by atoms with Crippen LogP contribution in [-0.2, 0) is 25.6 Å². The van der Waals surface area contributed by atoms with Crippen LogP contribution in [0.4, 0.5) is 13.2 Å². The number of aryl methyl sites for hydroxylation is 2. The van der Waals surface area contributed by atoms with Gasteiger partial charge in [-0.1, -0.05) is 42.5 Å². The molecule has 1 amide bonds. The number of alkyl halides is 3. The summed E-state index contributed by atoms with van der Waals surface area (Å²) >= 11 is 0. The highest BCUT2D eigenvalue weighted by molar-refractivity contribution is 5.95. The lowest BCUT2D eigenvalue weighted by Gasteiger charge is -2.16. The lowest BCUT2D eigenvalue weighted by Crippen LogP contribution is -2.32. The van der Waals surface area contributed by atoms with Gasteiger partial charge in [-0.25, -0.2) is 0 Å². The van der Waals surface area contributed by atoms with Crippen LogP contribution in [0.5, 0.6) is 5.75 Å². The molecule has 2 aromatic carbocycles. The van der Waals surface area contributed by atoms with Gasteiger partial charge in [-0.15, -0.1) is 0 Å². The van der Waals surface area contributed by atoms with Crippen LogP contribution in [0.1, 0.15) is 32.7 Å². The zero-order valence-corrected chi connectivity index (χ0v) is 15.8. The van der Waals surface area contributed by atoms with E-state index in [1.165, 1.54) is 22.8 Å². The van der Waals surface area contributed by atoms with E-state index in [-0.39, 0.29) is 6.54 Å². The number of nitrogens with zero attached hydrogens (tertiary/aromatic N) is 1. The Labute approximate surface area is 170 Å². The minimum atomic E-state index is -4.46. The first-order valence-corrected chi connectivity index (χ1v) is 9.12. The maximum absolute atomic E-state index is 12.8. The molecular formula is C22H19F3N2O3. The van der Waals surface area contributed by atoms with E-state index in [1.54, 1.807) is 0 Å². The number of rotatable bonds is 6. The number of benzene rings is 2. The average molecular weight is 416 g/mol. The lowest BCUT2D eigenvalue weighted by atomic mass is 10.1. The largest absolute Gasteiger partial charge is 0.507 e. The summed E-state index contributed by atoms with van der Waals surface area (Å²) < 4.78 is 39.6. The lowest BCUT2D eigenvalue weighted by molar-refractivity contribution is -0.137. The first-order valence-electron chi connectivity index (χ1n) is 9.12. The fourth-order valence-electron chi connectivity index (χ4n) is 3.19. The van der Waals surface area contributed by atoms with Crippen molar-refractivity contribution in [3.63, 3.8) is 0 Å². The zero-order valence-electron chi connectivity index (χ0n) is 15.8. The minimum absolute atomic E-state index is 0.0678. The van der Waals surface area contributed by atoms with Gasteiger partial charge in [0.1, 0.15) is 11.3 Å². The Bertz CT molecular complexity index is 1110. The van der Waals surface area contributed by atoms with Crippen molar-refractivity contribution in [1.82, 2.24) is 4.57 Å². The molecule has 0 atom stereocenters. The first kappa shape index (κ1) is 21.2. The third kappa shape index (κ3) is 4.71. The van der Waals surface area contributed by atoms with Gasteiger partial charge in [0, 0.05) is 11.8 Å². The van der Waals surface area contributed by atoms with E-state index >= 15 is 0 Å². The van der Waals surface area contributed by atoms with Crippen LogP contribution in [-0.4, -0.2) is 15.6 Å². The molecule has 5 nitrogen and oxygen atoms in total. The van der Waals surface area contributed by atoms with E-state index in [0.29, 0.717) is 24.1 Å². The number of pyridine rings is 1. The summed E-state index contributed by atoms with van der Waals surface area (Å²) in [5.74, 6) is -1.59. The molecule has 1 heterocycles. The highest BCUT2D eigenvalue weighted by Crippen LogP contribution is 2.29. The maximum Gasteiger partial charge on any atom is 0.416 e. The number of aromatic nitrogens is 1. The van der Waals surface area contributed by atoms with Crippen molar-refractivity contribution in [1.29, 1.82) is 0 Å². The van der Waals surface area contributed by atoms with Gasteiger partial charge < -0.3 is 15.4 Å². The number of hydrogen-bond acceptors (Lipinski definition) is 3. The van der Waals surface area contributed by atoms with Gasteiger partial charge in [-0.2, -0.15) is 13.2 Å². The number of halogens is 3. The molecule has 0 aliphatic carbocycles. The Hall–Kier alpha value is -3.55. The van der Waals surface area contributed by atoms with Gasteiger partial charge >= 0.3 is 6.18 Å². The van der Waals surface area contributed by atoms with Crippen LogP contribution in [0.2, 0.25) is 0 Å². The van der Waals surface area contributed by atoms with Gasteiger partial charge in [0.25, 0.3) is 11.5 Å². The van der Waals surface area contributed by atoms with Crippen LogP contribution in [0.15, 0.2) is 65.5 Å². The van der Waals surface area contributed by atoms with Crippen molar-refractivity contribution >= 4 is 5.91 Å². The molecule has 1 aromatic heterocycles. The number of amides is 1. The van der Waals surface area contributed by atoms with E-state index in [4.69, 9.17) is 5.73 Å². The summed E-state index contributed by atoms with van der Waals surface area (Å²) in [6.07, 6.45) is -3.54. The van der Waals surface area contributed by atoms with E-state index in [2.05, 4.69) is 0 Å². The first-order chi connectivity index (χ1) is 14.2. The summed E-state index contributed by atoms with van der Waals surface area (Å²) in [5, 5.41) is 10.1. The summed E-state index contributed by atoms with van der Waals surface area (Å²) in [7, 11) is 0. The molecule has 3 rings (SSSR count). The Morgan fingerprint density at radius 2 is 1.60 bits per heavy atom. The second-order valence-electron chi connectivity index (χ2n) is 6.83. The summed E-state index contributed by atoms with van der Waals surface area (Å²) in [4.78, 5) is 24.4. The molecule has 0 fully saturated rings. The highest BCUT2D eigenvalue weighted by atomic mass is 19.4. The molecule has 0 aliphatic heterocycles. The maximum atomic E-state index is 12.8. The molecule has 156 valence electrons. The molecule has 8 heteroatoms. The predicted octanol–water partition coefficient (Wildman–Crippen LogP) is 3.51. The van der Waals surface area contributed by atoms with Crippen molar-refractivity contribution in [3.8, 4) is 5.75 Å².